The highest BCUT2D eigenvalue weighted by Crippen LogP contribution is 2.26. The molecule has 1 aromatic rings. The molecule has 4 nitrogen and oxygen atoms in total. The van der Waals surface area contributed by atoms with E-state index in [4.69, 9.17) is 17.3 Å². The Morgan fingerprint density at radius 1 is 1.33 bits per heavy atom. The van der Waals surface area contributed by atoms with Crippen molar-refractivity contribution < 1.29 is 12.8 Å². The monoisotopic (exact) mass is 356 g/mol. The first-order chi connectivity index (χ1) is 9.44. The first kappa shape index (κ1) is 18.6. The first-order valence-corrected chi connectivity index (χ1v) is 8.47. The summed E-state index contributed by atoms with van der Waals surface area (Å²) in [7, 11) is -3.92. The minimum atomic E-state index is -3.92. The molecule has 1 saturated carbocycles. The molecule has 3 N–H and O–H groups in total. The summed E-state index contributed by atoms with van der Waals surface area (Å²) in [5, 5.41) is 0.186. The summed E-state index contributed by atoms with van der Waals surface area (Å²) in [4.78, 5) is -0.411. The highest BCUT2D eigenvalue weighted by atomic mass is 35.5. The molecule has 2 rings (SSSR count). The van der Waals surface area contributed by atoms with Crippen LogP contribution in [-0.4, -0.2) is 21.0 Å². The van der Waals surface area contributed by atoms with Gasteiger partial charge in [-0.25, -0.2) is 17.5 Å². The maximum absolute atomic E-state index is 13.7. The fourth-order valence-electron chi connectivity index (χ4n) is 2.59. The molecule has 0 amide bonds. The number of hydrogen-bond acceptors (Lipinski definition) is 3. The minimum absolute atomic E-state index is 0. The standard InChI is InChI=1S/C13H18ClFN2O2S.ClH/c14-10-5-6-11(15)13(7-10)20(18,19)17-12-4-2-1-3-9(12)8-16;/h5-7,9,12,17H,1-4,8,16H2;1H. The van der Waals surface area contributed by atoms with E-state index in [1.165, 1.54) is 6.07 Å². The molecule has 0 spiro atoms. The second-order valence-electron chi connectivity index (χ2n) is 5.08. The van der Waals surface area contributed by atoms with Crippen LogP contribution >= 0.6 is 24.0 Å². The Labute approximate surface area is 135 Å². The summed E-state index contributed by atoms with van der Waals surface area (Å²) in [6, 6.07) is 3.26. The lowest BCUT2D eigenvalue weighted by Gasteiger charge is -2.31. The van der Waals surface area contributed by atoms with Gasteiger partial charge in [-0.05, 0) is 43.5 Å². The van der Waals surface area contributed by atoms with E-state index in [1.807, 2.05) is 0 Å². The van der Waals surface area contributed by atoms with Crippen LogP contribution in [0, 0.1) is 11.7 Å². The predicted molar refractivity (Wildman–Crippen MR) is 83.8 cm³/mol. The lowest BCUT2D eigenvalue weighted by atomic mass is 9.85. The fourth-order valence-corrected chi connectivity index (χ4v) is 4.27. The van der Waals surface area contributed by atoms with E-state index in [9.17, 15) is 12.8 Å². The average Bonchev–Trinajstić information content (AvgIpc) is 2.41. The molecular formula is C13H19Cl2FN2O2S. The van der Waals surface area contributed by atoms with Crippen molar-refractivity contribution in [3.05, 3.63) is 29.0 Å². The number of sulfonamides is 1. The van der Waals surface area contributed by atoms with Gasteiger partial charge in [0, 0.05) is 11.1 Å². The van der Waals surface area contributed by atoms with Gasteiger partial charge in [0.05, 0.1) is 0 Å². The molecule has 2 atom stereocenters. The van der Waals surface area contributed by atoms with E-state index in [1.54, 1.807) is 0 Å². The normalized spacial score (nSPS) is 22.6. The Morgan fingerprint density at radius 3 is 2.67 bits per heavy atom. The van der Waals surface area contributed by atoms with E-state index >= 15 is 0 Å². The van der Waals surface area contributed by atoms with Crippen molar-refractivity contribution >= 4 is 34.0 Å². The van der Waals surface area contributed by atoms with Crippen molar-refractivity contribution in [1.82, 2.24) is 4.72 Å². The summed E-state index contributed by atoms with van der Waals surface area (Å²) < 4.78 is 40.8. The number of halogens is 3. The van der Waals surface area contributed by atoms with Crippen molar-refractivity contribution in [3.63, 3.8) is 0 Å². The molecule has 1 aliphatic carbocycles. The predicted octanol–water partition coefficient (Wildman–Crippen LogP) is 2.70. The summed E-state index contributed by atoms with van der Waals surface area (Å²) in [5.74, 6) is -0.706. The van der Waals surface area contributed by atoms with Gasteiger partial charge >= 0.3 is 0 Å². The molecule has 0 aliphatic heterocycles. The van der Waals surface area contributed by atoms with Crippen molar-refractivity contribution in [2.75, 3.05) is 6.54 Å². The summed E-state index contributed by atoms with van der Waals surface area (Å²) in [6.45, 7) is 0.422. The van der Waals surface area contributed by atoms with Gasteiger partial charge in [0.1, 0.15) is 10.7 Å². The van der Waals surface area contributed by atoms with Crippen LogP contribution in [0.3, 0.4) is 0 Å². The van der Waals surface area contributed by atoms with Crippen molar-refractivity contribution in [2.24, 2.45) is 11.7 Å². The summed E-state index contributed by atoms with van der Waals surface area (Å²) in [6.07, 6.45) is 3.61. The van der Waals surface area contributed by atoms with Gasteiger partial charge in [-0.2, -0.15) is 0 Å². The zero-order chi connectivity index (χ0) is 14.8. The quantitative estimate of drug-likeness (QED) is 0.870. The van der Waals surface area contributed by atoms with Crippen LogP contribution in [-0.2, 0) is 10.0 Å². The number of nitrogens with one attached hydrogen (secondary N) is 1. The number of hydrogen-bond donors (Lipinski definition) is 2. The molecule has 1 fully saturated rings. The second-order valence-corrected chi connectivity index (χ2v) is 7.20. The van der Waals surface area contributed by atoms with Crippen LogP contribution in [0.1, 0.15) is 25.7 Å². The van der Waals surface area contributed by atoms with Gasteiger partial charge in [0.2, 0.25) is 10.0 Å². The Balaban J connectivity index is 0.00000220. The Bertz CT molecular complexity index is 584. The Hall–Kier alpha value is -0.400. The highest BCUT2D eigenvalue weighted by Gasteiger charge is 2.30. The van der Waals surface area contributed by atoms with Gasteiger partial charge in [-0.1, -0.05) is 24.4 Å². The lowest BCUT2D eigenvalue weighted by molar-refractivity contribution is 0.296. The zero-order valence-electron chi connectivity index (χ0n) is 11.4. The third-order valence-corrected chi connectivity index (χ3v) is 5.44. The van der Waals surface area contributed by atoms with Crippen molar-refractivity contribution in [2.45, 2.75) is 36.6 Å². The van der Waals surface area contributed by atoms with Gasteiger partial charge in [0.25, 0.3) is 0 Å². The third-order valence-electron chi connectivity index (χ3n) is 3.70. The van der Waals surface area contributed by atoms with Crippen LogP contribution < -0.4 is 10.5 Å². The smallest absolute Gasteiger partial charge is 0.243 e. The molecule has 2 unspecified atom stereocenters. The molecule has 0 radical (unpaired) electrons. The molecule has 21 heavy (non-hydrogen) atoms. The summed E-state index contributed by atoms with van der Waals surface area (Å²) in [5.41, 5.74) is 5.68. The van der Waals surface area contributed by atoms with Crippen LogP contribution in [0.4, 0.5) is 4.39 Å². The van der Waals surface area contributed by atoms with E-state index in [0.29, 0.717) is 6.54 Å². The van der Waals surface area contributed by atoms with E-state index in [-0.39, 0.29) is 29.4 Å². The Kier molecular flexibility index (Phi) is 6.87. The highest BCUT2D eigenvalue weighted by molar-refractivity contribution is 7.89. The summed E-state index contributed by atoms with van der Waals surface area (Å²) >= 11 is 5.74. The van der Waals surface area contributed by atoms with Gasteiger partial charge in [0.15, 0.2) is 0 Å². The molecular weight excluding hydrogens is 338 g/mol. The number of nitrogens with two attached hydrogens (primary N) is 1. The molecule has 1 aliphatic rings. The molecule has 0 aromatic heterocycles. The third kappa shape index (κ3) is 4.53. The van der Waals surface area contributed by atoms with E-state index in [2.05, 4.69) is 4.72 Å². The van der Waals surface area contributed by atoms with Crippen LogP contribution in [0.5, 0.6) is 0 Å². The van der Waals surface area contributed by atoms with Gasteiger partial charge < -0.3 is 5.73 Å². The molecule has 0 heterocycles. The fraction of sp³-hybridized carbons (Fsp3) is 0.538. The first-order valence-electron chi connectivity index (χ1n) is 6.61. The number of benzene rings is 1. The zero-order valence-corrected chi connectivity index (χ0v) is 13.8. The molecule has 0 bridgehead atoms. The Morgan fingerprint density at radius 2 is 2.00 bits per heavy atom. The number of rotatable bonds is 4. The second kappa shape index (κ2) is 7.74. The van der Waals surface area contributed by atoms with Crippen LogP contribution in [0.25, 0.3) is 0 Å². The SMILES string of the molecule is Cl.NCC1CCCCC1NS(=O)(=O)c1cc(Cl)ccc1F. The van der Waals surface area contributed by atoms with E-state index in [0.717, 1.165) is 37.8 Å². The average molecular weight is 357 g/mol. The molecule has 120 valence electrons. The topological polar surface area (TPSA) is 72.2 Å². The van der Waals surface area contributed by atoms with E-state index < -0.39 is 20.7 Å². The van der Waals surface area contributed by atoms with Crippen molar-refractivity contribution in [3.8, 4) is 0 Å². The lowest BCUT2D eigenvalue weighted by Crippen LogP contribution is -2.44. The minimum Gasteiger partial charge on any atom is -0.330 e. The van der Waals surface area contributed by atoms with Crippen LogP contribution in [0.15, 0.2) is 23.1 Å². The maximum atomic E-state index is 13.7. The molecule has 0 saturated heterocycles. The van der Waals surface area contributed by atoms with Gasteiger partial charge in [-0.3, -0.25) is 0 Å². The van der Waals surface area contributed by atoms with Gasteiger partial charge in [-0.15, -0.1) is 12.4 Å². The van der Waals surface area contributed by atoms with Crippen molar-refractivity contribution in [1.29, 1.82) is 0 Å². The molecule has 1 aromatic carbocycles. The van der Waals surface area contributed by atoms with Crippen LogP contribution in [0.2, 0.25) is 5.02 Å². The maximum Gasteiger partial charge on any atom is 0.243 e. The largest absolute Gasteiger partial charge is 0.330 e. The molecule has 8 heteroatoms.